The Labute approximate surface area is 77.8 Å². The Morgan fingerprint density at radius 3 is 2.92 bits per heavy atom. The van der Waals surface area contributed by atoms with Crippen LogP contribution in [0.2, 0.25) is 0 Å². The SMILES string of the molecule is COC(C)C1OCCCC1C(=O)O. The molecule has 1 heterocycles. The fourth-order valence-electron chi connectivity index (χ4n) is 1.66. The van der Waals surface area contributed by atoms with E-state index < -0.39 is 11.9 Å². The Bertz CT molecular complexity index is 180. The van der Waals surface area contributed by atoms with Crippen molar-refractivity contribution in [3.63, 3.8) is 0 Å². The first-order valence-corrected chi connectivity index (χ1v) is 4.54. The summed E-state index contributed by atoms with van der Waals surface area (Å²) in [6, 6.07) is 0. The van der Waals surface area contributed by atoms with Crippen LogP contribution >= 0.6 is 0 Å². The lowest BCUT2D eigenvalue weighted by molar-refractivity contribution is -0.160. The zero-order valence-electron chi connectivity index (χ0n) is 8.03. The predicted molar refractivity (Wildman–Crippen MR) is 46.6 cm³/mol. The van der Waals surface area contributed by atoms with Crippen molar-refractivity contribution in [2.45, 2.75) is 32.0 Å². The Kier molecular flexibility index (Phi) is 3.69. The van der Waals surface area contributed by atoms with Crippen LogP contribution in [0.25, 0.3) is 0 Å². The molecule has 3 atom stereocenters. The molecule has 0 radical (unpaired) electrons. The van der Waals surface area contributed by atoms with Crippen LogP contribution in [0.15, 0.2) is 0 Å². The van der Waals surface area contributed by atoms with Crippen LogP contribution in [0.4, 0.5) is 0 Å². The normalized spacial score (nSPS) is 31.2. The number of hydrogen-bond donors (Lipinski definition) is 1. The fraction of sp³-hybridized carbons (Fsp3) is 0.889. The second kappa shape index (κ2) is 4.58. The Balaban J connectivity index is 2.61. The third kappa shape index (κ3) is 2.42. The number of hydrogen-bond acceptors (Lipinski definition) is 3. The molecule has 0 aromatic carbocycles. The minimum atomic E-state index is -0.784. The van der Waals surface area contributed by atoms with Gasteiger partial charge in [-0.2, -0.15) is 0 Å². The first-order valence-electron chi connectivity index (χ1n) is 4.54. The van der Waals surface area contributed by atoms with Crippen molar-refractivity contribution < 1.29 is 19.4 Å². The quantitative estimate of drug-likeness (QED) is 0.715. The standard InChI is InChI=1S/C9H16O4/c1-6(12-2)8-7(9(10)11)4-3-5-13-8/h6-8H,3-5H2,1-2H3,(H,10,11). The molecule has 1 rings (SSSR count). The maximum absolute atomic E-state index is 10.8. The highest BCUT2D eigenvalue weighted by Crippen LogP contribution is 2.24. The predicted octanol–water partition coefficient (Wildman–Crippen LogP) is 0.901. The average Bonchev–Trinajstić information content (AvgIpc) is 2.16. The first kappa shape index (κ1) is 10.5. The van der Waals surface area contributed by atoms with Gasteiger partial charge in [0.2, 0.25) is 0 Å². The van der Waals surface area contributed by atoms with E-state index in [-0.39, 0.29) is 12.2 Å². The van der Waals surface area contributed by atoms with Crippen LogP contribution in [0, 0.1) is 5.92 Å². The van der Waals surface area contributed by atoms with E-state index in [1.165, 1.54) is 0 Å². The van der Waals surface area contributed by atoms with E-state index in [1.807, 2.05) is 6.92 Å². The van der Waals surface area contributed by atoms with Crippen LogP contribution < -0.4 is 0 Å². The summed E-state index contributed by atoms with van der Waals surface area (Å²) in [6.07, 6.45) is 1.06. The van der Waals surface area contributed by atoms with Gasteiger partial charge in [0.15, 0.2) is 0 Å². The first-order chi connectivity index (χ1) is 6.16. The van der Waals surface area contributed by atoms with Crippen LogP contribution in [-0.2, 0) is 14.3 Å². The molecule has 0 spiro atoms. The second-order valence-corrected chi connectivity index (χ2v) is 3.36. The van der Waals surface area contributed by atoms with Gasteiger partial charge in [0, 0.05) is 13.7 Å². The number of aliphatic carboxylic acids is 1. The second-order valence-electron chi connectivity index (χ2n) is 3.36. The van der Waals surface area contributed by atoms with Crippen molar-refractivity contribution in [2.24, 2.45) is 5.92 Å². The average molecular weight is 188 g/mol. The number of methoxy groups -OCH3 is 1. The molecule has 1 N–H and O–H groups in total. The van der Waals surface area contributed by atoms with E-state index in [2.05, 4.69) is 0 Å². The van der Waals surface area contributed by atoms with Crippen molar-refractivity contribution >= 4 is 5.97 Å². The summed E-state index contributed by atoms with van der Waals surface area (Å²) >= 11 is 0. The van der Waals surface area contributed by atoms with Gasteiger partial charge >= 0.3 is 5.97 Å². The van der Waals surface area contributed by atoms with Gasteiger partial charge in [-0.05, 0) is 19.8 Å². The minimum absolute atomic E-state index is 0.151. The molecule has 13 heavy (non-hydrogen) atoms. The van der Waals surface area contributed by atoms with Gasteiger partial charge in [-0.3, -0.25) is 4.79 Å². The molecule has 0 aromatic heterocycles. The lowest BCUT2D eigenvalue weighted by Crippen LogP contribution is -2.42. The van der Waals surface area contributed by atoms with Gasteiger partial charge in [0.05, 0.1) is 18.1 Å². The molecule has 0 bridgehead atoms. The molecule has 0 aromatic rings. The number of ether oxygens (including phenoxy) is 2. The van der Waals surface area contributed by atoms with Crippen LogP contribution in [0.3, 0.4) is 0 Å². The van der Waals surface area contributed by atoms with Gasteiger partial charge in [0.1, 0.15) is 0 Å². The molecule has 1 aliphatic rings. The molecule has 4 heteroatoms. The van der Waals surface area contributed by atoms with Crippen LogP contribution in [0.5, 0.6) is 0 Å². The molecular formula is C9H16O4. The Hall–Kier alpha value is -0.610. The highest BCUT2D eigenvalue weighted by atomic mass is 16.5. The van der Waals surface area contributed by atoms with Crippen LogP contribution in [-0.4, -0.2) is 37.0 Å². The smallest absolute Gasteiger partial charge is 0.309 e. The van der Waals surface area contributed by atoms with Crippen molar-refractivity contribution in [1.82, 2.24) is 0 Å². The highest BCUT2D eigenvalue weighted by Gasteiger charge is 2.35. The fourth-order valence-corrected chi connectivity index (χ4v) is 1.66. The maximum Gasteiger partial charge on any atom is 0.309 e. The number of carbonyl (C=O) groups is 1. The summed E-state index contributed by atoms with van der Waals surface area (Å²) in [7, 11) is 1.57. The molecule has 1 saturated heterocycles. The van der Waals surface area contributed by atoms with Gasteiger partial charge < -0.3 is 14.6 Å². The zero-order chi connectivity index (χ0) is 9.84. The van der Waals surface area contributed by atoms with E-state index in [1.54, 1.807) is 7.11 Å². The molecule has 0 saturated carbocycles. The van der Waals surface area contributed by atoms with Crippen molar-refractivity contribution in [3.05, 3.63) is 0 Å². The lowest BCUT2D eigenvalue weighted by atomic mass is 9.91. The Morgan fingerprint density at radius 2 is 2.38 bits per heavy atom. The lowest BCUT2D eigenvalue weighted by Gasteiger charge is -2.32. The molecule has 76 valence electrons. The van der Waals surface area contributed by atoms with Gasteiger partial charge in [0.25, 0.3) is 0 Å². The summed E-state index contributed by atoms with van der Waals surface area (Å²) in [5.41, 5.74) is 0. The molecule has 3 unspecified atom stereocenters. The third-order valence-corrected chi connectivity index (χ3v) is 2.52. The van der Waals surface area contributed by atoms with E-state index >= 15 is 0 Å². The molecule has 4 nitrogen and oxygen atoms in total. The molecular weight excluding hydrogens is 172 g/mol. The van der Waals surface area contributed by atoms with Crippen molar-refractivity contribution in [1.29, 1.82) is 0 Å². The molecule has 0 amide bonds. The van der Waals surface area contributed by atoms with Crippen molar-refractivity contribution in [3.8, 4) is 0 Å². The summed E-state index contributed by atoms with van der Waals surface area (Å²) in [6.45, 7) is 2.48. The number of rotatable bonds is 3. The number of carboxylic acid groups (broad SMARTS) is 1. The van der Waals surface area contributed by atoms with Gasteiger partial charge in [-0.15, -0.1) is 0 Å². The van der Waals surface area contributed by atoms with E-state index in [0.29, 0.717) is 13.0 Å². The monoisotopic (exact) mass is 188 g/mol. The Morgan fingerprint density at radius 1 is 1.69 bits per heavy atom. The van der Waals surface area contributed by atoms with Gasteiger partial charge in [-0.1, -0.05) is 0 Å². The van der Waals surface area contributed by atoms with E-state index in [9.17, 15) is 4.79 Å². The van der Waals surface area contributed by atoms with E-state index in [4.69, 9.17) is 14.6 Å². The summed E-state index contributed by atoms with van der Waals surface area (Å²) in [5.74, 6) is -1.20. The summed E-state index contributed by atoms with van der Waals surface area (Å²) in [4.78, 5) is 10.8. The highest BCUT2D eigenvalue weighted by molar-refractivity contribution is 5.70. The maximum atomic E-state index is 10.8. The zero-order valence-corrected chi connectivity index (χ0v) is 8.03. The topological polar surface area (TPSA) is 55.8 Å². The molecule has 1 aliphatic heterocycles. The largest absolute Gasteiger partial charge is 0.481 e. The minimum Gasteiger partial charge on any atom is -0.481 e. The number of carboxylic acids is 1. The van der Waals surface area contributed by atoms with Gasteiger partial charge in [-0.25, -0.2) is 0 Å². The summed E-state index contributed by atoms with van der Waals surface area (Å²) < 4.78 is 10.5. The third-order valence-electron chi connectivity index (χ3n) is 2.52. The van der Waals surface area contributed by atoms with E-state index in [0.717, 1.165) is 6.42 Å². The summed E-state index contributed by atoms with van der Waals surface area (Å²) in [5, 5.41) is 8.92. The van der Waals surface area contributed by atoms with Crippen molar-refractivity contribution in [2.75, 3.05) is 13.7 Å². The molecule has 1 fully saturated rings. The van der Waals surface area contributed by atoms with Crippen LogP contribution in [0.1, 0.15) is 19.8 Å². The molecule has 0 aliphatic carbocycles.